The number of nitrogens with zero attached hydrogens (tertiary/aromatic N) is 2. The molecule has 0 radical (unpaired) electrons. The van der Waals surface area contributed by atoms with Gasteiger partial charge in [-0.2, -0.15) is 0 Å². The molecule has 3 aromatic heterocycles. The molecule has 0 amide bonds. The number of aromatic nitrogens is 2. The molecular weight excluding hydrogens is 857 g/mol. The second-order valence-electron chi connectivity index (χ2n) is 19.6. The summed E-state index contributed by atoms with van der Waals surface area (Å²) in [5, 5.41) is 13.4. The van der Waals surface area contributed by atoms with Gasteiger partial charge in [0.25, 0.3) is 0 Å². The van der Waals surface area contributed by atoms with Crippen molar-refractivity contribution in [1.82, 2.24) is 8.97 Å². The van der Waals surface area contributed by atoms with Gasteiger partial charge in [0.1, 0.15) is 0 Å². The van der Waals surface area contributed by atoms with Crippen molar-refractivity contribution in [1.29, 1.82) is 0 Å². The highest BCUT2D eigenvalue weighted by Gasteiger charge is 2.50. The lowest BCUT2D eigenvalue weighted by molar-refractivity contribution is 0.789. The van der Waals surface area contributed by atoms with Gasteiger partial charge in [-0.05, 0) is 113 Å². The third-order valence-electron chi connectivity index (χ3n) is 16.2. The maximum Gasteiger partial charge on any atom is 0.0726 e. The molecule has 2 heteroatoms. The fourth-order valence-corrected chi connectivity index (χ4v) is 13.4. The van der Waals surface area contributed by atoms with Gasteiger partial charge in [0, 0.05) is 32.5 Å². The SMILES string of the molecule is C=c1c2cccc3cccc4c5ccc(-c6cccc7ccccc67)cc5n(c5cccc(c15)C21c2ccccc2-c2c(-n5c6ccccc6c6ccc(-c7cccc8ccccc78)cc65)cccc21)c34. The van der Waals surface area contributed by atoms with Crippen LogP contribution in [0.5, 0.6) is 0 Å². The van der Waals surface area contributed by atoms with Crippen LogP contribution in [0.1, 0.15) is 22.3 Å². The van der Waals surface area contributed by atoms with Crippen molar-refractivity contribution in [2.75, 3.05) is 0 Å². The third kappa shape index (κ3) is 5.00. The van der Waals surface area contributed by atoms with Crippen LogP contribution in [-0.2, 0) is 5.41 Å². The van der Waals surface area contributed by atoms with E-state index in [0.29, 0.717) is 0 Å². The second kappa shape index (κ2) is 14.2. The van der Waals surface area contributed by atoms with Gasteiger partial charge in [-0.1, -0.05) is 219 Å². The molecule has 2 aliphatic rings. The van der Waals surface area contributed by atoms with E-state index in [-0.39, 0.29) is 0 Å². The number of hydrogen-bond donors (Lipinski definition) is 0. The maximum absolute atomic E-state index is 5.10. The van der Waals surface area contributed by atoms with Crippen LogP contribution < -0.4 is 5.22 Å². The molecule has 16 rings (SSSR count). The van der Waals surface area contributed by atoms with E-state index in [1.807, 2.05) is 0 Å². The van der Waals surface area contributed by atoms with Gasteiger partial charge in [-0.3, -0.25) is 0 Å². The van der Waals surface area contributed by atoms with E-state index in [9.17, 15) is 0 Å². The van der Waals surface area contributed by atoms with Gasteiger partial charge in [0.05, 0.1) is 38.7 Å². The lowest BCUT2D eigenvalue weighted by atomic mass is 9.70. The van der Waals surface area contributed by atoms with Crippen molar-refractivity contribution in [2.24, 2.45) is 0 Å². The molecule has 1 atom stereocenters. The van der Waals surface area contributed by atoms with Crippen LogP contribution in [0.4, 0.5) is 0 Å². The Morgan fingerprint density at radius 2 is 0.817 bits per heavy atom. The molecule has 1 unspecified atom stereocenters. The van der Waals surface area contributed by atoms with E-state index in [4.69, 9.17) is 6.58 Å². The number of benzene rings is 11. The largest absolute Gasteiger partial charge is 0.309 e. The van der Waals surface area contributed by atoms with Crippen molar-refractivity contribution in [3.8, 4) is 39.1 Å². The van der Waals surface area contributed by atoms with Crippen molar-refractivity contribution >= 4 is 88.0 Å². The van der Waals surface area contributed by atoms with Crippen molar-refractivity contribution in [3.05, 3.63) is 270 Å². The molecule has 0 saturated carbocycles. The molecule has 2 aliphatic carbocycles. The zero-order valence-electron chi connectivity index (χ0n) is 38.7. The number of fused-ring (bicyclic) bond motifs is 17. The summed E-state index contributed by atoms with van der Waals surface area (Å²) in [6, 6.07) is 90.8. The maximum atomic E-state index is 5.10. The molecule has 2 bridgehead atoms. The number of rotatable bonds is 3. The highest BCUT2D eigenvalue weighted by Crippen LogP contribution is 2.60. The van der Waals surface area contributed by atoms with Crippen molar-refractivity contribution in [2.45, 2.75) is 5.41 Å². The fraction of sp³-hybridized carbons (Fsp3) is 0.0145. The predicted octanol–water partition coefficient (Wildman–Crippen LogP) is 17.1. The average molecular weight is 899 g/mol. The minimum atomic E-state index is -0.631. The van der Waals surface area contributed by atoms with Crippen LogP contribution in [0.25, 0.3) is 127 Å². The lowest BCUT2D eigenvalue weighted by Crippen LogP contribution is -2.28. The molecular formula is C69H42N2. The van der Waals surface area contributed by atoms with E-state index in [1.54, 1.807) is 0 Å². The molecule has 3 heterocycles. The van der Waals surface area contributed by atoms with E-state index in [1.165, 1.54) is 137 Å². The number of hydrogen-bond acceptors (Lipinski definition) is 0. The summed E-state index contributed by atoms with van der Waals surface area (Å²) in [5.41, 5.74) is 18.9. The van der Waals surface area contributed by atoms with E-state index < -0.39 is 5.41 Å². The molecule has 11 aromatic carbocycles. The van der Waals surface area contributed by atoms with Crippen molar-refractivity contribution < 1.29 is 0 Å². The topological polar surface area (TPSA) is 9.34 Å². The Bertz CT molecular complexity index is 4780. The zero-order valence-corrected chi connectivity index (χ0v) is 38.7. The Kier molecular flexibility index (Phi) is 7.72. The van der Waals surface area contributed by atoms with Crippen LogP contribution in [0, 0.1) is 0 Å². The number of para-hydroxylation sites is 2. The highest BCUT2D eigenvalue weighted by atomic mass is 15.0. The summed E-state index contributed by atoms with van der Waals surface area (Å²) >= 11 is 0. The fourth-order valence-electron chi connectivity index (χ4n) is 13.4. The minimum Gasteiger partial charge on any atom is -0.309 e. The Morgan fingerprint density at radius 3 is 1.59 bits per heavy atom. The Labute approximate surface area is 409 Å². The molecule has 1 spiro atoms. The van der Waals surface area contributed by atoms with E-state index in [2.05, 4.69) is 252 Å². The average Bonchev–Trinajstić information content (AvgIpc) is 4.12. The zero-order chi connectivity index (χ0) is 46.5. The normalized spacial score (nSPS) is 14.6. The molecule has 0 N–H and O–H groups in total. The van der Waals surface area contributed by atoms with Crippen molar-refractivity contribution in [3.63, 3.8) is 0 Å². The second-order valence-corrected chi connectivity index (χ2v) is 19.6. The Hall–Kier alpha value is -9.24. The Morgan fingerprint density at radius 1 is 0.324 bits per heavy atom. The van der Waals surface area contributed by atoms with Crippen LogP contribution in [0.2, 0.25) is 0 Å². The Balaban J connectivity index is 1.01. The predicted molar refractivity (Wildman–Crippen MR) is 299 cm³/mol. The summed E-state index contributed by atoms with van der Waals surface area (Å²) in [7, 11) is 0. The van der Waals surface area contributed by atoms with E-state index >= 15 is 0 Å². The smallest absolute Gasteiger partial charge is 0.0726 e. The van der Waals surface area contributed by atoms with E-state index in [0.717, 1.165) is 10.7 Å². The lowest BCUT2D eigenvalue weighted by Gasteiger charge is -2.30. The van der Waals surface area contributed by atoms with Gasteiger partial charge >= 0.3 is 0 Å². The van der Waals surface area contributed by atoms with Crippen LogP contribution in [0.15, 0.2) is 243 Å². The molecule has 14 aromatic rings. The summed E-state index contributed by atoms with van der Waals surface area (Å²) in [6.07, 6.45) is 0. The van der Waals surface area contributed by atoms with Crippen LogP contribution in [-0.4, -0.2) is 8.97 Å². The monoisotopic (exact) mass is 898 g/mol. The first-order chi connectivity index (χ1) is 35.2. The highest BCUT2D eigenvalue weighted by molar-refractivity contribution is 6.17. The van der Waals surface area contributed by atoms with Gasteiger partial charge < -0.3 is 8.97 Å². The third-order valence-corrected chi connectivity index (χ3v) is 16.2. The summed E-state index contributed by atoms with van der Waals surface area (Å²) in [6.45, 7) is 5.10. The van der Waals surface area contributed by atoms with Gasteiger partial charge in [-0.25, -0.2) is 0 Å². The molecule has 2 nitrogen and oxygen atoms in total. The molecule has 71 heavy (non-hydrogen) atoms. The van der Waals surface area contributed by atoms with Crippen LogP contribution >= 0.6 is 0 Å². The van der Waals surface area contributed by atoms with Gasteiger partial charge in [0.15, 0.2) is 0 Å². The quantitative estimate of drug-likeness (QED) is 0.167. The molecule has 0 saturated heterocycles. The van der Waals surface area contributed by atoms with Crippen LogP contribution in [0.3, 0.4) is 0 Å². The summed E-state index contributed by atoms with van der Waals surface area (Å²) in [4.78, 5) is 0. The first kappa shape index (κ1) is 38.7. The first-order valence-corrected chi connectivity index (χ1v) is 24.7. The minimum absolute atomic E-state index is 0.631. The molecule has 0 aliphatic heterocycles. The standard InChI is InChI=1S/C69H42N2/c1-42-57-30-13-21-45-20-12-28-55-54-39-37-47(51-27-11-19-44-17-3-5-23-49(44)51)41-65(54)71(68(45)55)62-34-14-31-59(66(42)62)69(57)58-29-8-6-25-56(58)67-60(69)32-15-35-63(67)70-61-33-9-7-24-52(61)53-38-36-46(40-64(53)70)50-26-10-18-43-16-2-4-22-48(43)50/h2-41H,1H2. The van der Waals surface area contributed by atoms with Gasteiger partial charge in [0.2, 0.25) is 0 Å². The molecule has 328 valence electrons. The summed E-state index contributed by atoms with van der Waals surface area (Å²) < 4.78 is 5.09. The molecule has 0 fully saturated rings. The first-order valence-electron chi connectivity index (χ1n) is 24.7. The summed E-state index contributed by atoms with van der Waals surface area (Å²) in [5.74, 6) is 0. The van der Waals surface area contributed by atoms with Gasteiger partial charge in [-0.15, -0.1) is 0 Å².